The van der Waals surface area contributed by atoms with Crippen molar-refractivity contribution in [3.8, 4) is 0 Å². The van der Waals surface area contributed by atoms with E-state index in [0.717, 1.165) is 18.7 Å². The van der Waals surface area contributed by atoms with E-state index in [2.05, 4.69) is 0 Å². The van der Waals surface area contributed by atoms with Crippen molar-refractivity contribution in [2.45, 2.75) is 37.0 Å². The molecule has 0 aromatic carbocycles. The Kier molecular flexibility index (Phi) is 3.61. The zero-order valence-corrected chi connectivity index (χ0v) is 9.82. The minimum atomic E-state index is 0.235. The van der Waals surface area contributed by atoms with Crippen molar-refractivity contribution in [1.82, 2.24) is 4.90 Å². The quantitative estimate of drug-likeness (QED) is 0.694. The molecule has 2 rings (SSSR count). The van der Waals surface area contributed by atoms with Gasteiger partial charge in [0.15, 0.2) is 0 Å². The lowest BCUT2D eigenvalue weighted by atomic mass is 10.2. The highest BCUT2D eigenvalue weighted by Crippen LogP contribution is 2.33. The molecule has 4 heteroatoms. The third-order valence-corrected chi connectivity index (χ3v) is 4.33. The average Bonchev–Trinajstić information content (AvgIpc) is 2.88. The highest BCUT2D eigenvalue weighted by atomic mass is 35.5. The van der Waals surface area contributed by atoms with Crippen LogP contribution in [0.5, 0.6) is 0 Å². The summed E-state index contributed by atoms with van der Waals surface area (Å²) in [6.45, 7) is 0.738. The summed E-state index contributed by atoms with van der Waals surface area (Å²) >= 11 is 7.53. The van der Waals surface area contributed by atoms with Crippen LogP contribution in [0.3, 0.4) is 0 Å². The standard InChI is InChI=1S/C10H16ClNOS/c11-5-6-12(8-3-4-8)10(13)9-2-1-7-14-9/h8-9H,1-7H2. The van der Waals surface area contributed by atoms with Crippen LogP contribution in [0.4, 0.5) is 0 Å². The summed E-state index contributed by atoms with van der Waals surface area (Å²) in [7, 11) is 0. The average molecular weight is 234 g/mol. The molecule has 2 aliphatic rings. The Bertz CT molecular complexity index is 214. The lowest BCUT2D eigenvalue weighted by molar-refractivity contribution is -0.130. The number of carbonyl (C=O) groups excluding carboxylic acids is 1. The molecule has 0 N–H and O–H groups in total. The first-order valence-corrected chi connectivity index (χ1v) is 6.89. The van der Waals surface area contributed by atoms with Gasteiger partial charge in [-0.3, -0.25) is 4.79 Å². The first-order chi connectivity index (χ1) is 6.83. The number of rotatable bonds is 4. The number of halogens is 1. The van der Waals surface area contributed by atoms with Crippen molar-refractivity contribution in [1.29, 1.82) is 0 Å². The van der Waals surface area contributed by atoms with Crippen LogP contribution in [0.1, 0.15) is 25.7 Å². The van der Waals surface area contributed by atoms with E-state index in [1.807, 2.05) is 16.7 Å². The molecule has 1 saturated heterocycles. The van der Waals surface area contributed by atoms with Gasteiger partial charge >= 0.3 is 0 Å². The zero-order chi connectivity index (χ0) is 9.97. The number of carbonyl (C=O) groups is 1. The molecule has 2 fully saturated rings. The van der Waals surface area contributed by atoms with E-state index in [0.29, 0.717) is 17.8 Å². The fourth-order valence-corrected chi connectivity index (χ4v) is 3.32. The van der Waals surface area contributed by atoms with E-state index in [4.69, 9.17) is 11.6 Å². The predicted molar refractivity (Wildman–Crippen MR) is 60.9 cm³/mol. The van der Waals surface area contributed by atoms with Gasteiger partial charge in [-0.2, -0.15) is 0 Å². The Balaban J connectivity index is 1.91. The van der Waals surface area contributed by atoms with E-state index >= 15 is 0 Å². The summed E-state index contributed by atoms with van der Waals surface area (Å²) in [6.07, 6.45) is 4.62. The fourth-order valence-electron chi connectivity index (χ4n) is 1.91. The van der Waals surface area contributed by atoms with Crippen LogP contribution in [0.2, 0.25) is 0 Å². The smallest absolute Gasteiger partial charge is 0.235 e. The van der Waals surface area contributed by atoms with Crippen molar-refractivity contribution in [2.75, 3.05) is 18.2 Å². The number of hydrogen-bond donors (Lipinski definition) is 0. The fraction of sp³-hybridized carbons (Fsp3) is 0.900. The van der Waals surface area contributed by atoms with Crippen LogP contribution in [0.25, 0.3) is 0 Å². The molecular weight excluding hydrogens is 218 g/mol. The minimum Gasteiger partial charge on any atom is -0.338 e. The van der Waals surface area contributed by atoms with Gasteiger partial charge in [-0.05, 0) is 31.4 Å². The van der Waals surface area contributed by atoms with Crippen LogP contribution < -0.4 is 0 Å². The second-order valence-corrected chi connectivity index (χ2v) is 5.64. The lowest BCUT2D eigenvalue weighted by Crippen LogP contribution is -2.39. The summed E-state index contributed by atoms with van der Waals surface area (Å²) in [5.74, 6) is 2.06. The molecule has 0 radical (unpaired) electrons. The Labute approximate surface area is 94.4 Å². The molecular formula is C10H16ClNOS. The van der Waals surface area contributed by atoms with Crippen molar-refractivity contribution < 1.29 is 4.79 Å². The third-order valence-electron chi connectivity index (χ3n) is 2.80. The Morgan fingerprint density at radius 1 is 1.43 bits per heavy atom. The number of hydrogen-bond acceptors (Lipinski definition) is 2. The molecule has 80 valence electrons. The third kappa shape index (κ3) is 2.37. The molecule has 1 aliphatic carbocycles. The maximum atomic E-state index is 12.1. The highest BCUT2D eigenvalue weighted by molar-refractivity contribution is 8.00. The van der Waals surface area contributed by atoms with Gasteiger partial charge in [-0.25, -0.2) is 0 Å². The number of alkyl halides is 1. The SMILES string of the molecule is O=C(C1CCCS1)N(CCCl)C1CC1. The molecule has 1 heterocycles. The summed E-state index contributed by atoms with van der Waals surface area (Å²) in [4.78, 5) is 14.1. The first-order valence-electron chi connectivity index (χ1n) is 5.31. The van der Waals surface area contributed by atoms with Gasteiger partial charge in [0, 0.05) is 18.5 Å². The molecule has 0 bridgehead atoms. The molecule has 14 heavy (non-hydrogen) atoms. The summed E-state index contributed by atoms with van der Waals surface area (Å²) in [6, 6.07) is 0.516. The highest BCUT2D eigenvalue weighted by Gasteiger charge is 2.36. The van der Waals surface area contributed by atoms with E-state index in [1.165, 1.54) is 19.3 Å². The van der Waals surface area contributed by atoms with E-state index < -0.39 is 0 Å². The molecule has 0 aromatic heterocycles. The van der Waals surface area contributed by atoms with Gasteiger partial charge in [0.05, 0.1) is 5.25 Å². The van der Waals surface area contributed by atoms with Crippen molar-refractivity contribution in [2.24, 2.45) is 0 Å². The molecule has 1 amide bonds. The van der Waals surface area contributed by atoms with Gasteiger partial charge in [0.25, 0.3) is 0 Å². The van der Waals surface area contributed by atoms with E-state index in [9.17, 15) is 4.79 Å². The van der Waals surface area contributed by atoms with Crippen molar-refractivity contribution in [3.05, 3.63) is 0 Å². The van der Waals surface area contributed by atoms with Gasteiger partial charge in [-0.15, -0.1) is 23.4 Å². The predicted octanol–water partition coefficient (Wildman–Crippen LogP) is 2.11. The molecule has 0 aromatic rings. The summed E-state index contributed by atoms with van der Waals surface area (Å²) in [5, 5.41) is 0.235. The summed E-state index contributed by atoms with van der Waals surface area (Å²) < 4.78 is 0. The lowest BCUT2D eigenvalue weighted by Gasteiger charge is -2.24. The van der Waals surface area contributed by atoms with Gasteiger partial charge in [0.2, 0.25) is 5.91 Å². The van der Waals surface area contributed by atoms with E-state index in [1.54, 1.807) is 0 Å². The normalized spacial score (nSPS) is 26.5. The Morgan fingerprint density at radius 2 is 2.21 bits per heavy atom. The maximum Gasteiger partial charge on any atom is 0.235 e. The second-order valence-electron chi connectivity index (χ2n) is 3.95. The van der Waals surface area contributed by atoms with Gasteiger partial charge < -0.3 is 4.90 Å². The van der Waals surface area contributed by atoms with Crippen LogP contribution in [0, 0.1) is 0 Å². The maximum absolute atomic E-state index is 12.1. The van der Waals surface area contributed by atoms with Crippen LogP contribution in [0.15, 0.2) is 0 Å². The van der Waals surface area contributed by atoms with E-state index in [-0.39, 0.29) is 5.25 Å². The van der Waals surface area contributed by atoms with Gasteiger partial charge in [0.1, 0.15) is 0 Å². The molecule has 0 spiro atoms. The number of thioether (sulfide) groups is 1. The zero-order valence-electron chi connectivity index (χ0n) is 8.25. The first kappa shape index (κ1) is 10.6. The second kappa shape index (κ2) is 4.75. The van der Waals surface area contributed by atoms with Crippen LogP contribution >= 0.6 is 23.4 Å². The molecule has 1 aliphatic heterocycles. The monoisotopic (exact) mass is 233 g/mol. The largest absolute Gasteiger partial charge is 0.338 e. The molecule has 2 nitrogen and oxygen atoms in total. The van der Waals surface area contributed by atoms with Crippen LogP contribution in [-0.2, 0) is 4.79 Å². The number of amides is 1. The Morgan fingerprint density at radius 3 is 2.71 bits per heavy atom. The van der Waals surface area contributed by atoms with Gasteiger partial charge in [-0.1, -0.05) is 0 Å². The van der Waals surface area contributed by atoms with Crippen LogP contribution in [-0.4, -0.2) is 40.3 Å². The molecule has 1 atom stereocenters. The van der Waals surface area contributed by atoms with Crippen molar-refractivity contribution in [3.63, 3.8) is 0 Å². The molecule has 1 unspecified atom stereocenters. The summed E-state index contributed by atoms with van der Waals surface area (Å²) in [5.41, 5.74) is 0. The Hall–Kier alpha value is 0.110. The topological polar surface area (TPSA) is 20.3 Å². The minimum absolute atomic E-state index is 0.235. The number of nitrogens with zero attached hydrogens (tertiary/aromatic N) is 1. The van der Waals surface area contributed by atoms with Crippen molar-refractivity contribution >= 4 is 29.3 Å². The molecule has 1 saturated carbocycles.